The first kappa shape index (κ1) is 21.3. The van der Waals surface area contributed by atoms with Crippen LogP contribution >= 0.6 is 0 Å². The van der Waals surface area contributed by atoms with Gasteiger partial charge in [0.15, 0.2) is 18.1 Å². The second kappa shape index (κ2) is 9.78. The van der Waals surface area contributed by atoms with E-state index in [2.05, 4.69) is 0 Å². The standard InChI is InChI=1S/C22H27NO5/c1-6-23(13-17-7-8-19(26-4)20(12-17)27-5)21(24)14-28-22(25)18-10-15(2)9-16(3)11-18/h7-12H,6,13-14H2,1-5H3. The zero-order valence-corrected chi connectivity index (χ0v) is 17.1. The van der Waals surface area contributed by atoms with Crippen molar-refractivity contribution in [3.05, 3.63) is 58.7 Å². The van der Waals surface area contributed by atoms with Crippen LogP contribution < -0.4 is 9.47 Å². The van der Waals surface area contributed by atoms with Crippen LogP contribution in [0.3, 0.4) is 0 Å². The van der Waals surface area contributed by atoms with Crippen molar-refractivity contribution >= 4 is 11.9 Å². The predicted octanol–water partition coefficient (Wildman–Crippen LogP) is 3.53. The summed E-state index contributed by atoms with van der Waals surface area (Å²) in [5.41, 5.74) is 3.30. The Morgan fingerprint density at radius 2 is 1.57 bits per heavy atom. The molecule has 1 amide bonds. The number of likely N-dealkylation sites (N-methyl/N-ethyl adjacent to an activating group) is 1. The Morgan fingerprint density at radius 1 is 0.929 bits per heavy atom. The molecule has 0 saturated heterocycles. The highest BCUT2D eigenvalue weighted by Gasteiger charge is 2.17. The molecular weight excluding hydrogens is 358 g/mol. The maximum atomic E-state index is 12.5. The highest BCUT2D eigenvalue weighted by Crippen LogP contribution is 2.28. The summed E-state index contributed by atoms with van der Waals surface area (Å²) in [5.74, 6) is 0.477. The minimum Gasteiger partial charge on any atom is -0.493 e. The van der Waals surface area contributed by atoms with Crippen molar-refractivity contribution in [3.8, 4) is 11.5 Å². The number of nitrogens with zero attached hydrogens (tertiary/aromatic N) is 1. The molecule has 0 atom stereocenters. The lowest BCUT2D eigenvalue weighted by Gasteiger charge is -2.21. The molecule has 0 aliphatic carbocycles. The maximum Gasteiger partial charge on any atom is 0.338 e. The normalized spacial score (nSPS) is 10.3. The molecule has 0 radical (unpaired) electrons. The van der Waals surface area contributed by atoms with Crippen molar-refractivity contribution in [3.63, 3.8) is 0 Å². The summed E-state index contributed by atoms with van der Waals surface area (Å²) in [6.07, 6.45) is 0. The number of carbonyl (C=O) groups excluding carboxylic acids is 2. The van der Waals surface area contributed by atoms with Crippen molar-refractivity contribution < 1.29 is 23.8 Å². The molecule has 0 heterocycles. The fourth-order valence-electron chi connectivity index (χ4n) is 2.97. The molecule has 2 aromatic carbocycles. The summed E-state index contributed by atoms with van der Waals surface area (Å²) in [5, 5.41) is 0. The molecule has 6 heteroatoms. The summed E-state index contributed by atoms with van der Waals surface area (Å²) in [7, 11) is 3.14. The third kappa shape index (κ3) is 5.49. The molecule has 0 spiro atoms. The summed E-state index contributed by atoms with van der Waals surface area (Å²) < 4.78 is 15.8. The fraction of sp³-hybridized carbons (Fsp3) is 0.364. The van der Waals surface area contributed by atoms with E-state index in [0.29, 0.717) is 30.2 Å². The summed E-state index contributed by atoms with van der Waals surface area (Å²) in [4.78, 5) is 26.4. The van der Waals surface area contributed by atoms with Gasteiger partial charge in [0.05, 0.1) is 19.8 Å². The zero-order chi connectivity index (χ0) is 20.7. The van der Waals surface area contributed by atoms with E-state index in [-0.39, 0.29) is 12.5 Å². The van der Waals surface area contributed by atoms with Gasteiger partial charge in [0, 0.05) is 13.1 Å². The first-order valence-electron chi connectivity index (χ1n) is 9.12. The van der Waals surface area contributed by atoms with Crippen LogP contribution in [0.5, 0.6) is 11.5 Å². The maximum absolute atomic E-state index is 12.5. The molecule has 0 saturated carbocycles. The van der Waals surface area contributed by atoms with Gasteiger partial charge in [-0.25, -0.2) is 4.79 Å². The van der Waals surface area contributed by atoms with Crippen LogP contribution in [0.4, 0.5) is 0 Å². The van der Waals surface area contributed by atoms with Gasteiger partial charge in [0.2, 0.25) is 0 Å². The number of hydrogen-bond acceptors (Lipinski definition) is 5. The molecule has 150 valence electrons. The Morgan fingerprint density at radius 3 is 2.14 bits per heavy atom. The van der Waals surface area contributed by atoms with Crippen molar-refractivity contribution in [2.24, 2.45) is 0 Å². The predicted molar refractivity (Wildman–Crippen MR) is 107 cm³/mol. The Bertz CT molecular complexity index is 827. The molecule has 2 rings (SSSR count). The molecular formula is C22H27NO5. The van der Waals surface area contributed by atoms with Crippen LogP contribution in [-0.2, 0) is 16.1 Å². The summed E-state index contributed by atoms with van der Waals surface area (Å²) >= 11 is 0. The van der Waals surface area contributed by atoms with Gasteiger partial charge >= 0.3 is 5.97 Å². The van der Waals surface area contributed by atoms with Gasteiger partial charge in [0.25, 0.3) is 5.91 Å². The van der Waals surface area contributed by atoms with Gasteiger partial charge in [-0.2, -0.15) is 0 Å². The highest BCUT2D eigenvalue weighted by molar-refractivity contribution is 5.91. The number of benzene rings is 2. The second-order valence-corrected chi connectivity index (χ2v) is 6.55. The van der Waals surface area contributed by atoms with E-state index in [4.69, 9.17) is 14.2 Å². The van der Waals surface area contributed by atoms with Crippen molar-refractivity contribution in [2.45, 2.75) is 27.3 Å². The molecule has 2 aromatic rings. The van der Waals surface area contributed by atoms with Gasteiger partial charge in [-0.15, -0.1) is 0 Å². The molecule has 0 bridgehead atoms. The lowest BCUT2D eigenvalue weighted by Crippen LogP contribution is -2.34. The number of amides is 1. The second-order valence-electron chi connectivity index (χ2n) is 6.55. The molecule has 0 unspecified atom stereocenters. The molecule has 6 nitrogen and oxygen atoms in total. The van der Waals surface area contributed by atoms with Crippen LogP contribution in [0.25, 0.3) is 0 Å². The Labute approximate surface area is 166 Å². The fourth-order valence-corrected chi connectivity index (χ4v) is 2.97. The number of rotatable bonds is 8. The van der Waals surface area contributed by atoms with Gasteiger partial charge < -0.3 is 19.1 Å². The quantitative estimate of drug-likeness (QED) is 0.651. The van der Waals surface area contributed by atoms with Crippen molar-refractivity contribution in [1.82, 2.24) is 4.90 Å². The van der Waals surface area contributed by atoms with E-state index >= 15 is 0 Å². The van der Waals surface area contributed by atoms with E-state index < -0.39 is 5.97 Å². The van der Waals surface area contributed by atoms with Crippen LogP contribution in [0.15, 0.2) is 36.4 Å². The SMILES string of the molecule is CCN(Cc1ccc(OC)c(OC)c1)C(=O)COC(=O)c1cc(C)cc(C)c1. The lowest BCUT2D eigenvalue weighted by atomic mass is 10.1. The number of hydrogen-bond donors (Lipinski definition) is 0. The topological polar surface area (TPSA) is 65.1 Å². The number of carbonyl (C=O) groups is 2. The molecule has 0 aliphatic rings. The Hall–Kier alpha value is -3.02. The lowest BCUT2D eigenvalue weighted by molar-refractivity contribution is -0.134. The van der Waals surface area contributed by atoms with E-state index in [0.717, 1.165) is 16.7 Å². The van der Waals surface area contributed by atoms with E-state index in [1.165, 1.54) is 0 Å². The zero-order valence-electron chi connectivity index (χ0n) is 17.1. The molecule has 28 heavy (non-hydrogen) atoms. The summed E-state index contributed by atoms with van der Waals surface area (Å²) in [6, 6.07) is 11.0. The number of esters is 1. The first-order chi connectivity index (χ1) is 13.4. The van der Waals surface area contributed by atoms with Crippen molar-refractivity contribution in [2.75, 3.05) is 27.4 Å². The third-order valence-corrected chi connectivity index (χ3v) is 4.34. The minimum absolute atomic E-state index is 0.255. The molecule has 0 fully saturated rings. The number of ether oxygens (including phenoxy) is 3. The molecule has 0 aromatic heterocycles. The van der Waals surface area contributed by atoms with Gasteiger partial charge in [-0.05, 0) is 50.6 Å². The highest BCUT2D eigenvalue weighted by atomic mass is 16.5. The smallest absolute Gasteiger partial charge is 0.338 e. The van der Waals surface area contributed by atoms with Crippen LogP contribution in [-0.4, -0.2) is 44.1 Å². The van der Waals surface area contributed by atoms with Crippen molar-refractivity contribution in [1.29, 1.82) is 0 Å². The van der Waals surface area contributed by atoms with E-state index in [1.807, 2.05) is 39.0 Å². The largest absolute Gasteiger partial charge is 0.493 e. The Balaban J connectivity index is 2.00. The monoisotopic (exact) mass is 385 g/mol. The van der Waals surface area contributed by atoms with Gasteiger partial charge in [-0.3, -0.25) is 4.79 Å². The van der Waals surface area contributed by atoms with E-state index in [1.54, 1.807) is 37.3 Å². The molecule has 0 N–H and O–H groups in total. The first-order valence-corrected chi connectivity index (χ1v) is 9.12. The van der Waals surface area contributed by atoms with Gasteiger partial charge in [0.1, 0.15) is 0 Å². The average Bonchev–Trinajstić information content (AvgIpc) is 2.68. The van der Waals surface area contributed by atoms with Crippen LogP contribution in [0.1, 0.15) is 34.0 Å². The van der Waals surface area contributed by atoms with Crippen LogP contribution in [0, 0.1) is 13.8 Å². The Kier molecular flexibility index (Phi) is 7.44. The van der Waals surface area contributed by atoms with Gasteiger partial charge in [-0.1, -0.05) is 23.3 Å². The average molecular weight is 385 g/mol. The minimum atomic E-state index is -0.498. The summed E-state index contributed by atoms with van der Waals surface area (Å²) in [6.45, 7) is 6.29. The number of aryl methyl sites for hydroxylation is 2. The third-order valence-electron chi connectivity index (χ3n) is 4.34. The van der Waals surface area contributed by atoms with E-state index in [9.17, 15) is 9.59 Å². The molecule has 0 aliphatic heterocycles. The number of methoxy groups -OCH3 is 2. The van der Waals surface area contributed by atoms with Crippen LogP contribution in [0.2, 0.25) is 0 Å².